The summed E-state index contributed by atoms with van der Waals surface area (Å²) in [5, 5.41) is 3.58. The van der Waals surface area contributed by atoms with E-state index in [4.69, 9.17) is 11.6 Å². The Hall–Kier alpha value is -0.930. The molecule has 0 radical (unpaired) electrons. The van der Waals surface area contributed by atoms with Crippen LogP contribution >= 0.6 is 11.6 Å². The smallest absolute Gasteiger partial charge is 0.166 e. The zero-order valence-electron chi connectivity index (χ0n) is 9.72. The minimum absolute atomic E-state index is 0.0895. The molecule has 1 atom stereocenters. The van der Waals surface area contributed by atoms with Crippen LogP contribution in [0, 0.1) is 12.7 Å². The van der Waals surface area contributed by atoms with Crippen LogP contribution in [0.25, 0.3) is 0 Å². The third kappa shape index (κ3) is 2.85. The molecule has 0 spiro atoms. The molecule has 1 aliphatic heterocycles. The van der Waals surface area contributed by atoms with Gasteiger partial charge in [-0.25, -0.2) is 4.39 Å². The lowest BCUT2D eigenvalue weighted by Crippen LogP contribution is -2.24. The van der Waals surface area contributed by atoms with Gasteiger partial charge in [-0.3, -0.25) is 4.79 Å². The van der Waals surface area contributed by atoms with Gasteiger partial charge in [0.05, 0.1) is 5.02 Å². The van der Waals surface area contributed by atoms with Crippen molar-refractivity contribution in [3.05, 3.63) is 34.1 Å². The van der Waals surface area contributed by atoms with Crippen molar-refractivity contribution in [1.29, 1.82) is 0 Å². The molecule has 1 aromatic rings. The van der Waals surface area contributed by atoms with Crippen LogP contribution < -0.4 is 5.32 Å². The lowest BCUT2D eigenvalue weighted by molar-refractivity contribution is 0.0971. The quantitative estimate of drug-likeness (QED) is 0.841. The van der Waals surface area contributed by atoms with Crippen molar-refractivity contribution in [2.24, 2.45) is 0 Å². The molecule has 1 N–H and O–H groups in total. The van der Waals surface area contributed by atoms with E-state index in [-0.39, 0.29) is 17.6 Å². The number of aryl methyl sites for hydroxylation is 1. The lowest BCUT2D eigenvalue weighted by atomic mass is 10.0. The molecule has 17 heavy (non-hydrogen) atoms. The molecular formula is C13H15ClFNO. The van der Waals surface area contributed by atoms with Gasteiger partial charge in [0, 0.05) is 18.0 Å². The predicted octanol–water partition coefficient (Wildman–Crippen LogP) is 3.11. The number of rotatable bonds is 3. The summed E-state index contributed by atoms with van der Waals surface area (Å²) in [6, 6.07) is 2.96. The van der Waals surface area contributed by atoms with Crippen molar-refractivity contribution >= 4 is 17.4 Å². The van der Waals surface area contributed by atoms with Gasteiger partial charge >= 0.3 is 0 Å². The molecule has 0 saturated carbocycles. The Kier molecular flexibility index (Phi) is 3.79. The Morgan fingerprint density at radius 1 is 1.59 bits per heavy atom. The number of halogens is 2. The first-order valence-corrected chi connectivity index (χ1v) is 6.18. The first-order chi connectivity index (χ1) is 8.08. The number of nitrogens with one attached hydrogen (secondary N) is 1. The Bertz CT molecular complexity index is 441. The Morgan fingerprint density at radius 3 is 3.00 bits per heavy atom. The number of benzene rings is 1. The molecule has 2 nitrogen and oxygen atoms in total. The second kappa shape index (κ2) is 5.15. The molecule has 1 fully saturated rings. The van der Waals surface area contributed by atoms with Gasteiger partial charge in [0.1, 0.15) is 5.82 Å². The summed E-state index contributed by atoms with van der Waals surface area (Å²) in [6.07, 6.45) is 2.48. The van der Waals surface area contributed by atoms with Gasteiger partial charge in [0.25, 0.3) is 0 Å². The number of carbonyl (C=O) groups is 1. The summed E-state index contributed by atoms with van der Waals surface area (Å²) >= 11 is 5.97. The van der Waals surface area contributed by atoms with E-state index in [9.17, 15) is 9.18 Å². The van der Waals surface area contributed by atoms with Crippen LogP contribution in [0.1, 0.15) is 35.2 Å². The largest absolute Gasteiger partial charge is 0.314 e. The summed E-state index contributed by atoms with van der Waals surface area (Å²) < 4.78 is 13.4. The van der Waals surface area contributed by atoms with E-state index in [1.165, 1.54) is 12.1 Å². The number of Topliss-reactive ketones (excluding diaryl/α,β-unsaturated/α-hetero) is 1. The number of hydrogen-bond acceptors (Lipinski definition) is 2. The van der Waals surface area contributed by atoms with E-state index in [1.807, 2.05) is 0 Å². The fraction of sp³-hybridized carbons (Fsp3) is 0.462. The third-order valence-electron chi connectivity index (χ3n) is 3.14. The molecule has 1 heterocycles. The zero-order chi connectivity index (χ0) is 12.4. The maximum absolute atomic E-state index is 13.4. The maximum atomic E-state index is 13.4. The molecule has 92 valence electrons. The molecule has 1 aliphatic rings. The van der Waals surface area contributed by atoms with Crippen molar-refractivity contribution in [2.75, 3.05) is 6.54 Å². The average Bonchev–Trinajstić information content (AvgIpc) is 2.76. The van der Waals surface area contributed by atoms with E-state index in [1.54, 1.807) is 6.92 Å². The van der Waals surface area contributed by atoms with Gasteiger partial charge < -0.3 is 5.32 Å². The highest BCUT2D eigenvalue weighted by Crippen LogP contribution is 2.23. The highest BCUT2D eigenvalue weighted by atomic mass is 35.5. The van der Waals surface area contributed by atoms with Gasteiger partial charge in [-0.15, -0.1) is 0 Å². The summed E-state index contributed by atoms with van der Waals surface area (Å²) in [4.78, 5) is 12.0. The average molecular weight is 256 g/mol. The summed E-state index contributed by atoms with van der Waals surface area (Å²) in [5.74, 6) is -0.467. The summed E-state index contributed by atoms with van der Waals surface area (Å²) in [7, 11) is 0. The van der Waals surface area contributed by atoms with Crippen LogP contribution in [0.3, 0.4) is 0 Å². The standard InChI is InChI=1S/C13H15ClFNO/c1-8-5-11(14)10(7-12(8)15)13(17)6-9-3-2-4-16-9/h5,7,9,16H,2-4,6H2,1H3. The monoisotopic (exact) mass is 255 g/mol. The number of carbonyl (C=O) groups excluding carboxylic acids is 1. The molecule has 0 aromatic heterocycles. The Morgan fingerprint density at radius 2 is 2.35 bits per heavy atom. The Labute approximate surface area is 105 Å². The molecule has 0 bridgehead atoms. The maximum Gasteiger partial charge on any atom is 0.166 e. The highest BCUT2D eigenvalue weighted by molar-refractivity contribution is 6.34. The van der Waals surface area contributed by atoms with Crippen LogP contribution in [-0.4, -0.2) is 18.4 Å². The molecular weight excluding hydrogens is 241 g/mol. The molecule has 1 unspecified atom stereocenters. The minimum Gasteiger partial charge on any atom is -0.314 e. The fourth-order valence-corrected chi connectivity index (χ4v) is 2.45. The molecule has 1 aromatic carbocycles. The Balaban J connectivity index is 2.15. The van der Waals surface area contributed by atoms with Gasteiger partial charge in [0.2, 0.25) is 0 Å². The van der Waals surface area contributed by atoms with Crippen LogP contribution in [0.15, 0.2) is 12.1 Å². The second-order valence-corrected chi connectivity index (χ2v) is 4.91. The van der Waals surface area contributed by atoms with Gasteiger partial charge in [0.15, 0.2) is 5.78 Å². The van der Waals surface area contributed by atoms with E-state index in [2.05, 4.69) is 5.32 Å². The van der Waals surface area contributed by atoms with Crippen molar-refractivity contribution in [1.82, 2.24) is 5.32 Å². The molecule has 0 aliphatic carbocycles. The normalized spacial score (nSPS) is 19.6. The first-order valence-electron chi connectivity index (χ1n) is 5.80. The van der Waals surface area contributed by atoms with Gasteiger partial charge in [-0.05, 0) is 44.0 Å². The third-order valence-corrected chi connectivity index (χ3v) is 3.46. The predicted molar refractivity (Wildman–Crippen MR) is 66.1 cm³/mol. The van der Waals surface area contributed by atoms with E-state index in [0.717, 1.165) is 19.4 Å². The second-order valence-electron chi connectivity index (χ2n) is 4.50. The van der Waals surface area contributed by atoms with Gasteiger partial charge in [-0.2, -0.15) is 0 Å². The molecule has 0 amide bonds. The van der Waals surface area contributed by atoms with Gasteiger partial charge in [-0.1, -0.05) is 11.6 Å². The number of ketones is 1. The lowest BCUT2D eigenvalue weighted by Gasteiger charge is -2.10. The molecule has 4 heteroatoms. The molecule has 2 rings (SSSR count). The van der Waals surface area contributed by atoms with Crippen LogP contribution in [0.4, 0.5) is 4.39 Å². The SMILES string of the molecule is Cc1cc(Cl)c(C(=O)CC2CCCN2)cc1F. The zero-order valence-corrected chi connectivity index (χ0v) is 10.5. The van der Waals surface area contributed by atoms with Crippen molar-refractivity contribution in [3.63, 3.8) is 0 Å². The van der Waals surface area contributed by atoms with Crippen molar-refractivity contribution in [2.45, 2.75) is 32.2 Å². The van der Waals surface area contributed by atoms with Crippen LogP contribution in [0.2, 0.25) is 5.02 Å². The van der Waals surface area contributed by atoms with Crippen LogP contribution in [0.5, 0.6) is 0 Å². The van der Waals surface area contributed by atoms with Crippen LogP contribution in [-0.2, 0) is 0 Å². The molecule has 1 saturated heterocycles. The van der Waals surface area contributed by atoms with Crippen molar-refractivity contribution in [3.8, 4) is 0 Å². The highest BCUT2D eigenvalue weighted by Gasteiger charge is 2.20. The number of hydrogen-bond donors (Lipinski definition) is 1. The van der Waals surface area contributed by atoms with E-state index < -0.39 is 0 Å². The van der Waals surface area contributed by atoms with E-state index >= 15 is 0 Å². The summed E-state index contributed by atoms with van der Waals surface area (Å²) in [5.41, 5.74) is 0.758. The fourth-order valence-electron chi connectivity index (χ4n) is 2.12. The van der Waals surface area contributed by atoms with E-state index in [0.29, 0.717) is 22.6 Å². The van der Waals surface area contributed by atoms with Crippen molar-refractivity contribution < 1.29 is 9.18 Å². The minimum atomic E-state index is -0.378. The first kappa shape index (κ1) is 12.5. The summed E-state index contributed by atoms with van der Waals surface area (Å²) in [6.45, 7) is 2.59. The topological polar surface area (TPSA) is 29.1 Å².